The molecule has 0 aliphatic carbocycles. The minimum Gasteiger partial charge on any atom is -0.395 e. The number of hydrogen-bond acceptors (Lipinski definition) is 8. The lowest BCUT2D eigenvalue weighted by Crippen LogP contribution is -2.26. The van der Waals surface area contributed by atoms with E-state index in [2.05, 4.69) is 25.0 Å². The van der Waals surface area contributed by atoms with Crippen molar-refractivity contribution in [3.05, 3.63) is 48.5 Å². The number of rotatable bonds is 7. The van der Waals surface area contributed by atoms with Gasteiger partial charge in [0.15, 0.2) is 10.9 Å². The van der Waals surface area contributed by atoms with Crippen LogP contribution in [-0.2, 0) is 10.0 Å². The summed E-state index contributed by atoms with van der Waals surface area (Å²) in [4.78, 5) is 13.6. The monoisotopic (exact) mass is 391 g/mol. The first-order chi connectivity index (χ1) is 12.5. The van der Waals surface area contributed by atoms with Crippen LogP contribution in [0.15, 0.2) is 47.8 Å². The number of aliphatic hydroxyl groups is 1. The summed E-state index contributed by atoms with van der Waals surface area (Å²) in [6.45, 7) is 1.57. The number of aromatic nitrogens is 3. The quantitative estimate of drug-likeness (QED) is 0.563. The Morgan fingerprint density at radius 2 is 2.12 bits per heavy atom. The van der Waals surface area contributed by atoms with Crippen LogP contribution < -0.4 is 10.0 Å². The molecule has 8 nitrogen and oxygen atoms in total. The summed E-state index contributed by atoms with van der Waals surface area (Å²) >= 11 is 1.40. The summed E-state index contributed by atoms with van der Waals surface area (Å²) in [5.41, 5.74) is 1.53. The number of thiazole rings is 1. The van der Waals surface area contributed by atoms with Crippen molar-refractivity contribution in [1.29, 1.82) is 0 Å². The SMILES string of the molecule is Cc1nc(Nc2cnccn2)sc1-c1cccc(S(=O)(=O)NCCO)c1. The summed E-state index contributed by atoms with van der Waals surface area (Å²) in [5, 5.41) is 12.5. The maximum atomic E-state index is 12.2. The number of aryl methyl sites for hydroxylation is 1. The largest absolute Gasteiger partial charge is 0.395 e. The molecule has 26 heavy (non-hydrogen) atoms. The van der Waals surface area contributed by atoms with Gasteiger partial charge in [-0.1, -0.05) is 23.5 Å². The fourth-order valence-corrected chi connectivity index (χ4v) is 4.29. The molecule has 0 aliphatic rings. The second-order valence-electron chi connectivity index (χ2n) is 5.30. The molecule has 10 heteroatoms. The lowest BCUT2D eigenvalue weighted by Gasteiger charge is -2.07. The van der Waals surface area contributed by atoms with Crippen LogP contribution in [0.4, 0.5) is 10.9 Å². The van der Waals surface area contributed by atoms with E-state index in [1.165, 1.54) is 17.4 Å². The fraction of sp³-hybridized carbons (Fsp3) is 0.188. The van der Waals surface area contributed by atoms with Crippen molar-refractivity contribution in [1.82, 2.24) is 19.7 Å². The molecular weight excluding hydrogens is 374 g/mol. The summed E-state index contributed by atoms with van der Waals surface area (Å²) in [6, 6.07) is 6.61. The number of sulfonamides is 1. The predicted octanol–water partition coefficient (Wildman–Crippen LogP) is 1.92. The highest BCUT2D eigenvalue weighted by molar-refractivity contribution is 7.89. The zero-order valence-corrected chi connectivity index (χ0v) is 15.5. The average molecular weight is 391 g/mol. The van der Waals surface area contributed by atoms with Gasteiger partial charge in [0.05, 0.1) is 28.3 Å². The second kappa shape index (κ2) is 7.87. The Balaban J connectivity index is 1.89. The molecule has 0 spiro atoms. The van der Waals surface area contributed by atoms with Crippen molar-refractivity contribution in [3.8, 4) is 10.4 Å². The van der Waals surface area contributed by atoms with Crippen LogP contribution in [0.1, 0.15) is 5.69 Å². The minimum absolute atomic E-state index is 0.0294. The second-order valence-corrected chi connectivity index (χ2v) is 8.06. The maximum absolute atomic E-state index is 12.2. The Labute approximate surface area is 155 Å². The van der Waals surface area contributed by atoms with Crippen molar-refractivity contribution in [2.24, 2.45) is 0 Å². The smallest absolute Gasteiger partial charge is 0.240 e. The highest BCUT2D eigenvalue weighted by Crippen LogP contribution is 2.34. The van der Waals surface area contributed by atoms with Gasteiger partial charge in [0.1, 0.15) is 0 Å². The van der Waals surface area contributed by atoms with Crippen molar-refractivity contribution in [2.45, 2.75) is 11.8 Å². The third-order valence-electron chi connectivity index (χ3n) is 3.41. The average Bonchev–Trinajstić information content (AvgIpc) is 3.01. The zero-order valence-electron chi connectivity index (χ0n) is 13.9. The van der Waals surface area contributed by atoms with Crippen LogP contribution in [0.3, 0.4) is 0 Å². The van der Waals surface area contributed by atoms with Crippen molar-refractivity contribution in [2.75, 3.05) is 18.5 Å². The van der Waals surface area contributed by atoms with Crippen LogP contribution >= 0.6 is 11.3 Å². The Bertz CT molecular complexity index is 990. The van der Waals surface area contributed by atoms with E-state index in [4.69, 9.17) is 5.11 Å². The van der Waals surface area contributed by atoms with Crippen molar-refractivity contribution < 1.29 is 13.5 Å². The highest BCUT2D eigenvalue weighted by Gasteiger charge is 2.16. The molecule has 0 aliphatic heterocycles. The van der Waals surface area contributed by atoms with E-state index in [0.717, 1.165) is 16.1 Å². The summed E-state index contributed by atoms with van der Waals surface area (Å²) < 4.78 is 26.8. The van der Waals surface area contributed by atoms with E-state index in [1.807, 2.05) is 13.0 Å². The van der Waals surface area contributed by atoms with Crippen LogP contribution in [0.5, 0.6) is 0 Å². The molecule has 0 radical (unpaired) electrons. The lowest BCUT2D eigenvalue weighted by molar-refractivity contribution is 0.301. The zero-order chi connectivity index (χ0) is 18.6. The van der Waals surface area contributed by atoms with Gasteiger partial charge in [0, 0.05) is 18.9 Å². The van der Waals surface area contributed by atoms with Gasteiger partial charge < -0.3 is 10.4 Å². The molecule has 0 amide bonds. The van der Waals surface area contributed by atoms with Crippen LogP contribution in [0, 0.1) is 6.92 Å². The van der Waals surface area contributed by atoms with E-state index < -0.39 is 10.0 Å². The molecule has 3 rings (SSSR count). The molecule has 0 atom stereocenters. The number of benzene rings is 1. The number of nitrogens with one attached hydrogen (secondary N) is 2. The van der Waals surface area contributed by atoms with Crippen molar-refractivity contribution >= 4 is 32.3 Å². The highest BCUT2D eigenvalue weighted by atomic mass is 32.2. The summed E-state index contributed by atoms with van der Waals surface area (Å²) in [5.74, 6) is 0.581. The van der Waals surface area contributed by atoms with Crippen LogP contribution in [0.25, 0.3) is 10.4 Å². The van der Waals surface area contributed by atoms with Gasteiger partial charge in [-0.15, -0.1) is 0 Å². The Hall–Kier alpha value is -2.40. The topological polar surface area (TPSA) is 117 Å². The summed E-state index contributed by atoms with van der Waals surface area (Å²) in [7, 11) is -3.67. The molecule has 0 saturated heterocycles. The fourth-order valence-electron chi connectivity index (χ4n) is 2.26. The first-order valence-electron chi connectivity index (χ1n) is 7.71. The van der Waals surface area contributed by atoms with Gasteiger partial charge in [-0.3, -0.25) is 4.98 Å². The predicted molar refractivity (Wildman–Crippen MR) is 99.9 cm³/mol. The molecular formula is C16H17N5O3S2. The van der Waals surface area contributed by atoms with Gasteiger partial charge in [-0.2, -0.15) is 0 Å². The van der Waals surface area contributed by atoms with Gasteiger partial charge in [-0.25, -0.2) is 23.1 Å². The number of nitrogens with zero attached hydrogens (tertiary/aromatic N) is 3. The number of aliphatic hydroxyl groups excluding tert-OH is 1. The molecule has 3 aromatic rings. The van der Waals surface area contributed by atoms with E-state index >= 15 is 0 Å². The number of hydrogen-bond donors (Lipinski definition) is 3. The minimum atomic E-state index is -3.67. The van der Waals surface area contributed by atoms with Gasteiger partial charge in [-0.05, 0) is 24.6 Å². The van der Waals surface area contributed by atoms with Gasteiger partial charge in [0.25, 0.3) is 0 Å². The molecule has 3 N–H and O–H groups in total. The summed E-state index contributed by atoms with van der Waals surface area (Å²) in [6.07, 6.45) is 4.76. The van der Waals surface area contributed by atoms with Crippen molar-refractivity contribution in [3.63, 3.8) is 0 Å². The first kappa shape index (κ1) is 18.4. The molecule has 0 saturated carbocycles. The van der Waals surface area contributed by atoms with Crippen LogP contribution in [0.2, 0.25) is 0 Å². The molecule has 0 unspecified atom stereocenters. The van der Waals surface area contributed by atoms with E-state index in [-0.39, 0.29) is 18.0 Å². The van der Waals surface area contributed by atoms with Gasteiger partial charge in [0.2, 0.25) is 10.0 Å². The third-order valence-corrected chi connectivity index (χ3v) is 5.99. The van der Waals surface area contributed by atoms with Gasteiger partial charge >= 0.3 is 0 Å². The molecule has 2 heterocycles. The lowest BCUT2D eigenvalue weighted by atomic mass is 10.2. The Morgan fingerprint density at radius 1 is 1.27 bits per heavy atom. The number of anilines is 2. The normalized spacial score (nSPS) is 11.5. The van der Waals surface area contributed by atoms with Crippen LogP contribution in [-0.4, -0.2) is 41.6 Å². The molecule has 136 valence electrons. The van der Waals surface area contributed by atoms with E-state index in [0.29, 0.717) is 10.9 Å². The Kier molecular flexibility index (Phi) is 5.57. The molecule has 0 bridgehead atoms. The molecule has 1 aromatic carbocycles. The first-order valence-corrected chi connectivity index (χ1v) is 10.0. The van der Waals surface area contributed by atoms with E-state index in [1.54, 1.807) is 30.7 Å². The Morgan fingerprint density at radius 3 is 2.85 bits per heavy atom. The third kappa shape index (κ3) is 4.22. The molecule has 0 fully saturated rings. The standard InChI is InChI=1S/C16H17N5O3S2/c1-11-15(25-16(20-11)21-14-10-17-5-6-18-14)12-3-2-4-13(9-12)26(23,24)19-7-8-22/h2-6,9-10,19,22H,7-8H2,1H3,(H,18,20,21). The maximum Gasteiger partial charge on any atom is 0.240 e. The van der Waals surface area contributed by atoms with E-state index in [9.17, 15) is 8.42 Å². The molecule has 2 aromatic heterocycles.